The number of nitrogens with two attached hydrogens (primary N) is 1. The van der Waals surface area contributed by atoms with Crippen molar-refractivity contribution in [3.05, 3.63) is 117 Å². The summed E-state index contributed by atoms with van der Waals surface area (Å²) >= 11 is 1.76. The molecule has 204 valence electrons. The molecule has 0 amide bonds. The van der Waals surface area contributed by atoms with Gasteiger partial charge in [-0.3, -0.25) is 9.69 Å². The summed E-state index contributed by atoms with van der Waals surface area (Å²) in [6, 6.07) is 21.4. The molecule has 2 aliphatic rings. The summed E-state index contributed by atoms with van der Waals surface area (Å²) < 4.78 is 15.1. The predicted octanol–water partition coefficient (Wildman–Crippen LogP) is 7.98. The number of hydrogen-bond acceptors (Lipinski definition) is 5. The van der Waals surface area contributed by atoms with E-state index in [0.717, 1.165) is 28.0 Å². The molecular formula is C34H34FN3OS. The van der Waals surface area contributed by atoms with E-state index in [1.165, 1.54) is 16.5 Å². The average molecular weight is 552 g/mol. The molecule has 40 heavy (non-hydrogen) atoms. The second kappa shape index (κ2) is 10.6. The van der Waals surface area contributed by atoms with Crippen molar-refractivity contribution < 1.29 is 9.18 Å². The average Bonchev–Trinajstić information content (AvgIpc) is 2.89. The van der Waals surface area contributed by atoms with Crippen molar-refractivity contribution in [3.8, 4) is 6.07 Å². The molecule has 0 bridgehead atoms. The number of Topliss-reactive ketones (excluding diaryl/α,β-unsaturated/α-hetero) is 1. The van der Waals surface area contributed by atoms with Gasteiger partial charge in [0, 0.05) is 28.3 Å². The zero-order chi connectivity index (χ0) is 28.8. The maximum absolute atomic E-state index is 15.1. The number of aryl methyl sites for hydroxylation is 3. The van der Waals surface area contributed by atoms with Gasteiger partial charge in [-0.1, -0.05) is 55.8 Å². The number of anilines is 1. The maximum Gasteiger partial charge on any atom is 0.162 e. The van der Waals surface area contributed by atoms with Crippen molar-refractivity contribution in [2.75, 3.05) is 4.90 Å². The van der Waals surface area contributed by atoms with Gasteiger partial charge in [-0.2, -0.15) is 5.26 Å². The number of hydrogen-bond donors (Lipinski definition) is 1. The van der Waals surface area contributed by atoms with E-state index >= 15 is 4.39 Å². The number of carbonyl (C=O) groups excluding carboxylic acids is 1. The molecule has 0 saturated heterocycles. The Morgan fingerprint density at radius 2 is 1.75 bits per heavy atom. The van der Waals surface area contributed by atoms with E-state index in [4.69, 9.17) is 5.73 Å². The van der Waals surface area contributed by atoms with Gasteiger partial charge in [0.15, 0.2) is 5.78 Å². The van der Waals surface area contributed by atoms with Crippen LogP contribution in [0, 0.1) is 43.3 Å². The Hall–Kier alpha value is -3.82. The second-order valence-electron chi connectivity index (χ2n) is 11.7. The first-order valence-electron chi connectivity index (χ1n) is 13.5. The van der Waals surface area contributed by atoms with Crippen LogP contribution in [0.15, 0.2) is 88.2 Å². The van der Waals surface area contributed by atoms with E-state index < -0.39 is 11.7 Å². The monoisotopic (exact) mass is 551 g/mol. The van der Waals surface area contributed by atoms with Gasteiger partial charge in [-0.15, -0.1) is 11.8 Å². The van der Waals surface area contributed by atoms with Crippen LogP contribution in [0.25, 0.3) is 0 Å². The van der Waals surface area contributed by atoms with Gasteiger partial charge in [0.25, 0.3) is 0 Å². The third-order valence-corrected chi connectivity index (χ3v) is 8.99. The Morgan fingerprint density at radius 1 is 1.05 bits per heavy atom. The topological polar surface area (TPSA) is 70.1 Å². The van der Waals surface area contributed by atoms with Gasteiger partial charge in [-0.05, 0) is 79.1 Å². The largest absolute Gasteiger partial charge is 0.384 e. The van der Waals surface area contributed by atoms with E-state index in [-0.39, 0.29) is 28.3 Å². The number of rotatable bonds is 5. The molecule has 0 spiro atoms. The molecule has 2 N–H and O–H groups in total. The van der Waals surface area contributed by atoms with Crippen molar-refractivity contribution in [1.82, 2.24) is 0 Å². The van der Waals surface area contributed by atoms with Crippen LogP contribution in [-0.4, -0.2) is 5.78 Å². The van der Waals surface area contributed by atoms with Crippen LogP contribution in [0.1, 0.15) is 60.4 Å². The molecule has 5 rings (SSSR count). The van der Waals surface area contributed by atoms with Crippen molar-refractivity contribution in [1.29, 1.82) is 5.26 Å². The number of thioether (sulfide) groups is 1. The number of allylic oxidation sites excluding steroid dienone is 3. The lowest BCUT2D eigenvalue weighted by Gasteiger charge is -2.44. The highest BCUT2D eigenvalue weighted by molar-refractivity contribution is 7.98. The maximum atomic E-state index is 15.1. The van der Waals surface area contributed by atoms with Crippen LogP contribution in [-0.2, 0) is 10.5 Å². The van der Waals surface area contributed by atoms with Gasteiger partial charge in [0.2, 0.25) is 0 Å². The lowest BCUT2D eigenvalue weighted by atomic mass is 9.68. The number of para-hydroxylation sites is 1. The molecule has 1 atom stereocenters. The molecular weight excluding hydrogens is 517 g/mol. The van der Waals surface area contributed by atoms with Crippen molar-refractivity contribution in [2.24, 2.45) is 11.1 Å². The molecule has 0 aromatic heterocycles. The zero-order valence-electron chi connectivity index (χ0n) is 23.6. The SMILES string of the molecule is Cc1ccc(SCc2cc(C3C(C#N)=C(N)N(c4ccccc4F)C4=C3C(=O)CC(C)(C)C4)c(C)cc2C)cc1. The second-order valence-corrected chi connectivity index (χ2v) is 12.7. The molecule has 4 nitrogen and oxygen atoms in total. The summed E-state index contributed by atoms with van der Waals surface area (Å²) in [5.41, 5.74) is 13.6. The van der Waals surface area contributed by atoms with Crippen LogP contribution in [0.5, 0.6) is 0 Å². The molecule has 1 heterocycles. The number of nitriles is 1. The molecule has 1 aliphatic heterocycles. The molecule has 3 aromatic rings. The molecule has 0 saturated carbocycles. The smallest absolute Gasteiger partial charge is 0.162 e. The van der Waals surface area contributed by atoms with Gasteiger partial charge >= 0.3 is 0 Å². The Labute approximate surface area is 240 Å². The standard InChI is InChI=1S/C34H34FN3OS/c1-20-10-12-24(13-11-20)40-19-23-15-25(22(3)14-21(23)2)31-26(18-36)33(37)38(28-9-7-6-8-27(28)35)29-16-34(4,5)17-30(39)32(29)31/h6-15,31H,16-17,19,37H2,1-5H3. The van der Waals surface area contributed by atoms with Gasteiger partial charge in [0.1, 0.15) is 11.6 Å². The zero-order valence-corrected chi connectivity index (χ0v) is 24.5. The third kappa shape index (κ3) is 5.07. The number of benzene rings is 3. The number of halogens is 1. The van der Waals surface area contributed by atoms with Crippen molar-refractivity contribution in [3.63, 3.8) is 0 Å². The molecule has 1 aliphatic carbocycles. The summed E-state index contributed by atoms with van der Waals surface area (Å²) in [7, 11) is 0. The molecule has 6 heteroatoms. The molecule has 0 fully saturated rings. The summed E-state index contributed by atoms with van der Waals surface area (Å²) in [4.78, 5) is 16.7. The lowest BCUT2D eigenvalue weighted by molar-refractivity contribution is -0.118. The Bertz CT molecular complexity index is 1610. The van der Waals surface area contributed by atoms with Crippen LogP contribution in [0.3, 0.4) is 0 Å². The first-order chi connectivity index (χ1) is 19.0. The van der Waals surface area contributed by atoms with Crippen molar-refractivity contribution >= 4 is 23.2 Å². The molecule has 0 radical (unpaired) electrons. The highest BCUT2D eigenvalue weighted by Crippen LogP contribution is 2.51. The lowest BCUT2D eigenvalue weighted by Crippen LogP contribution is -2.42. The van der Waals surface area contributed by atoms with E-state index in [1.54, 1.807) is 34.9 Å². The minimum atomic E-state index is -0.602. The van der Waals surface area contributed by atoms with Gasteiger partial charge in [0.05, 0.1) is 23.2 Å². The molecule has 1 unspecified atom stereocenters. The minimum absolute atomic E-state index is 0.0200. The van der Waals surface area contributed by atoms with Gasteiger partial charge in [-0.25, -0.2) is 4.39 Å². The third-order valence-electron chi connectivity index (χ3n) is 7.93. The highest BCUT2D eigenvalue weighted by Gasteiger charge is 2.45. The Kier molecular flexibility index (Phi) is 7.37. The first-order valence-corrected chi connectivity index (χ1v) is 14.5. The molecule has 3 aromatic carbocycles. The fourth-order valence-electron chi connectivity index (χ4n) is 5.91. The van der Waals surface area contributed by atoms with Crippen LogP contribution < -0.4 is 10.6 Å². The van der Waals surface area contributed by atoms with Crippen LogP contribution >= 0.6 is 11.8 Å². The fraction of sp³-hybridized carbons (Fsp3) is 0.294. The van der Waals surface area contributed by atoms with Crippen molar-refractivity contribution in [2.45, 2.75) is 64.0 Å². The van der Waals surface area contributed by atoms with Gasteiger partial charge < -0.3 is 5.73 Å². The van der Waals surface area contributed by atoms with E-state index in [0.29, 0.717) is 24.1 Å². The normalized spacial score (nSPS) is 18.6. The number of nitrogens with zero attached hydrogens (tertiary/aromatic N) is 2. The fourth-order valence-corrected chi connectivity index (χ4v) is 6.87. The summed E-state index contributed by atoms with van der Waals surface area (Å²) in [5.74, 6) is -0.142. The highest BCUT2D eigenvalue weighted by atomic mass is 32.2. The summed E-state index contributed by atoms with van der Waals surface area (Å²) in [6.45, 7) is 10.3. The Balaban J connectivity index is 1.67. The summed E-state index contributed by atoms with van der Waals surface area (Å²) in [5, 5.41) is 10.4. The van der Waals surface area contributed by atoms with E-state index in [9.17, 15) is 10.1 Å². The summed E-state index contributed by atoms with van der Waals surface area (Å²) in [6.07, 6.45) is 0.895. The minimum Gasteiger partial charge on any atom is -0.384 e. The first kappa shape index (κ1) is 27.7. The quantitative estimate of drug-likeness (QED) is 0.326. The van der Waals surface area contributed by atoms with E-state index in [1.807, 2.05) is 20.8 Å². The van der Waals surface area contributed by atoms with Crippen LogP contribution in [0.2, 0.25) is 0 Å². The number of ketones is 1. The van der Waals surface area contributed by atoms with E-state index in [2.05, 4.69) is 56.3 Å². The predicted molar refractivity (Wildman–Crippen MR) is 160 cm³/mol. The van der Waals surface area contributed by atoms with Crippen LogP contribution in [0.4, 0.5) is 10.1 Å². The number of carbonyl (C=O) groups is 1. The Morgan fingerprint density at radius 3 is 2.42 bits per heavy atom.